The van der Waals surface area contributed by atoms with Crippen LogP contribution in [0, 0.1) is 24.2 Å². The normalized spacial score (nSPS) is 27.7. The largest absolute Gasteiger partial charge is 0.496 e. The number of carbonyl (C=O) groups is 1. The monoisotopic (exact) mass is 495 g/mol. The number of hydrogen-bond acceptors (Lipinski definition) is 4. The lowest BCUT2D eigenvalue weighted by atomic mass is 9.55. The molecular formula is C29H37NO4S. The maximum Gasteiger partial charge on any atom is 0.240 e. The average molecular weight is 496 g/mol. The zero-order valence-corrected chi connectivity index (χ0v) is 21.9. The Kier molecular flexibility index (Phi) is 6.56. The highest BCUT2D eigenvalue weighted by Gasteiger charge is 2.54. The summed E-state index contributed by atoms with van der Waals surface area (Å²) in [5.41, 5.74) is 4.91. The summed E-state index contributed by atoms with van der Waals surface area (Å²) in [6.07, 6.45) is 7.55. The van der Waals surface area contributed by atoms with Gasteiger partial charge < -0.3 is 4.74 Å². The Bertz CT molecular complexity index is 1220. The summed E-state index contributed by atoms with van der Waals surface area (Å²) in [7, 11) is -1.79. The molecule has 3 aliphatic carbocycles. The highest BCUT2D eigenvalue weighted by molar-refractivity contribution is 7.89. The fraction of sp³-hybridized carbons (Fsp3) is 0.552. The Morgan fingerprint density at radius 2 is 1.86 bits per heavy atom. The third kappa shape index (κ3) is 4.44. The number of ether oxygens (including phenoxy) is 1. The molecule has 0 radical (unpaired) electrons. The van der Waals surface area contributed by atoms with Gasteiger partial charge in [0, 0.05) is 18.4 Å². The number of rotatable bonds is 7. The minimum Gasteiger partial charge on any atom is -0.496 e. The number of benzene rings is 2. The third-order valence-corrected chi connectivity index (χ3v) is 10.6. The van der Waals surface area contributed by atoms with Gasteiger partial charge in [0.05, 0.1) is 12.0 Å². The highest BCUT2D eigenvalue weighted by Crippen LogP contribution is 2.59. The van der Waals surface area contributed by atoms with Crippen molar-refractivity contribution in [1.29, 1.82) is 0 Å². The molecule has 1 N–H and O–H groups in total. The van der Waals surface area contributed by atoms with E-state index >= 15 is 0 Å². The van der Waals surface area contributed by atoms with Gasteiger partial charge in [0.1, 0.15) is 11.5 Å². The average Bonchev–Trinajstić information content (AvgIpc) is 3.15. The summed E-state index contributed by atoms with van der Waals surface area (Å²) in [6.45, 7) is 4.54. The number of hydrogen-bond donors (Lipinski definition) is 1. The van der Waals surface area contributed by atoms with Crippen LogP contribution in [0.5, 0.6) is 5.75 Å². The lowest BCUT2D eigenvalue weighted by Crippen LogP contribution is -2.42. The molecule has 2 aromatic carbocycles. The van der Waals surface area contributed by atoms with Crippen LogP contribution < -0.4 is 9.46 Å². The zero-order chi connectivity index (χ0) is 24.8. The quantitative estimate of drug-likeness (QED) is 0.526. The predicted molar refractivity (Wildman–Crippen MR) is 137 cm³/mol. The van der Waals surface area contributed by atoms with E-state index in [4.69, 9.17) is 4.74 Å². The van der Waals surface area contributed by atoms with Crippen molar-refractivity contribution in [3.05, 3.63) is 58.7 Å². The number of Topliss-reactive ketones (excluding diaryl/α,β-unsaturated/α-hetero) is 1. The Hall–Kier alpha value is -2.18. The molecule has 5 rings (SSSR count). The van der Waals surface area contributed by atoms with Crippen molar-refractivity contribution in [2.45, 2.75) is 76.0 Å². The fourth-order valence-corrected chi connectivity index (χ4v) is 8.16. The molecular weight excluding hydrogens is 458 g/mol. The first-order valence-electron chi connectivity index (χ1n) is 13.0. The van der Waals surface area contributed by atoms with Gasteiger partial charge in [-0.25, -0.2) is 13.1 Å². The summed E-state index contributed by atoms with van der Waals surface area (Å²) in [4.78, 5) is 12.9. The number of aryl methyl sites for hydroxylation is 3. The topological polar surface area (TPSA) is 72.5 Å². The van der Waals surface area contributed by atoms with E-state index in [0.29, 0.717) is 41.4 Å². The van der Waals surface area contributed by atoms with E-state index in [1.807, 2.05) is 19.1 Å². The van der Waals surface area contributed by atoms with Crippen LogP contribution in [0.25, 0.3) is 0 Å². The van der Waals surface area contributed by atoms with Crippen molar-refractivity contribution in [1.82, 2.24) is 4.72 Å². The van der Waals surface area contributed by atoms with Crippen LogP contribution in [0.4, 0.5) is 0 Å². The minimum atomic E-state index is -3.50. The van der Waals surface area contributed by atoms with Crippen LogP contribution in [0.1, 0.15) is 73.6 Å². The molecule has 2 aromatic rings. The van der Waals surface area contributed by atoms with Crippen LogP contribution in [-0.4, -0.2) is 27.9 Å². The molecule has 4 atom stereocenters. The van der Waals surface area contributed by atoms with Crippen molar-refractivity contribution >= 4 is 15.8 Å². The van der Waals surface area contributed by atoms with Gasteiger partial charge in [-0.1, -0.05) is 30.7 Å². The molecule has 35 heavy (non-hydrogen) atoms. The maximum absolute atomic E-state index is 12.6. The first-order valence-corrected chi connectivity index (χ1v) is 14.5. The van der Waals surface area contributed by atoms with E-state index in [0.717, 1.165) is 61.8 Å². The van der Waals surface area contributed by atoms with Crippen LogP contribution in [0.3, 0.4) is 0 Å². The molecule has 0 spiro atoms. The molecule has 0 aliphatic heterocycles. The Balaban J connectivity index is 1.29. The molecule has 5 nitrogen and oxygen atoms in total. The zero-order valence-electron chi connectivity index (χ0n) is 21.1. The lowest BCUT2D eigenvalue weighted by Gasteiger charge is -2.48. The maximum atomic E-state index is 12.6. The second-order valence-electron chi connectivity index (χ2n) is 11.0. The molecule has 3 unspecified atom stereocenters. The van der Waals surface area contributed by atoms with Gasteiger partial charge in [-0.2, -0.15) is 0 Å². The number of sulfonamides is 1. The molecule has 2 saturated carbocycles. The number of nitrogens with one attached hydrogen (secondary N) is 1. The number of methoxy groups -OCH3 is 1. The van der Waals surface area contributed by atoms with Gasteiger partial charge in [0.25, 0.3) is 0 Å². The summed E-state index contributed by atoms with van der Waals surface area (Å²) in [6, 6.07) is 11.5. The summed E-state index contributed by atoms with van der Waals surface area (Å²) in [5, 5.41) is 0. The Labute approximate surface area is 209 Å². The number of ketones is 1. The van der Waals surface area contributed by atoms with Crippen molar-refractivity contribution in [2.75, 3.05) is 13.7 Å². The standard InChI is InChI=1S/C29H37NO4S/c1-19-6-9-22(10-7-19)35(32,33)30-16-4-5-21-17-25-20(18-27(21)34-3)8-11-24-23(25)14-15-29(2)26(24)12-13-28(29)31/h6-7,9-10,17-18,23-24,26,30H,4-5,8,11-16H2,1-3H3/t23?,24?,26?,29-/m0/s1. The van der Waals surface area contributed by atoms with Gasteiger partial charge in [-0.15, -0.1) is 0 Å². The Morgan fingerprint density at radius 1 is 1.09 bits per heavy atom. The molecule has 0 heterocycles. The van der Waals surface area contributed by atoms with Crippen molar-refractivity contribution in [3.8, 4) is 5.75 Å². The van der Waals surface area contributed by atoms with E-state index in [9.17, 15) is 13.2 Å². The van der Waals surface area contributed by atoms with E-state index in [1.165, 1.54) is 11.1 Å². The molecule has 2 fully saturated rings. The van der Waals surface area contributed by atoms with Crippen molar-refractivity contribution < 1.29 is 17.9 Å². The summed E-state index contributed by atoms with van der Waals surface area (Å²) >= 11 is 0. The van der Waals surface area contributed by atoms with Crippen molar-refractivity contribution in [3.63, 3.8) is 0 Å². The third-order valence-electron chi connectivity index (χ3n) is 9.08. The van der Waals surface area contributed by atoms with Crippen LogP contribution in [0.2, 0.25) is 0 Å². The van der Waals surface area contributed by atoms with E-state index in [2.05, 4.69) is 23.8 Å². The van der Waals surface area contributed by atoms with Crippen molar-refractivity contribution in [2.24, 2.45) is 17.3 Å². The molecule has 6 heteroatoms. The van der Waals surface area contributed by atoms with E-state index in [-0.39, 0.29) is 5.41 Å². The van der Waals surface area contributed by atoms with Gasteiger partial charge in [-0.05, 0) is 105 Å². The molecule has 0 amide bonds. The van der Waals surface area contributed by atoms with Gasteiger partial charge in [0.15, 0.2) is 0 Å². The van der Waals surface area contributed by atoms with Crippen LogP contribution >= 0.6 is 0 Å². The van der Waals surface area contributed by atoms with Gasteiger partial charge >= 0.3 is 0 Å². The molecule has 3 aliphatic rings. The van der Waals surface area contributed by atoms with Gasteiger partial charge in [0.2, 0.25) is 10.0 Å². The van der Waals surface area contributed by atoms with Gasteiger partial charge in [-0.3, -0.25) is 4.79 Å². The predicted octanol–water partition coefficient (Wildman–Crippen LogP) is 5.34. The Morgan fingerprint density at radius 3 is 2.60 bits per heavy atom. The fourth-order valence-electron chi connectivity index (χ4n) is 7.09. The van der Waals surface area contributed by atoms with Crippen LogP contribution in [-0.2, 0) is 27.7 Å². The second-order valence-corrected chi connectivity index (χ2v) is 12.8. The molecule has 0 bridgehead atoms. The molecule has 188 valence electrons. The summed E-state index contributed by atoms with van der Waals surface area (Å²) in [5.74, 6) is 3.02. The number of carbonyl (C=O) groups excluding carboxylic acids is 1. The number of fused-ring (bicyclic) bond motifs is 5. The lowest BCUT2D eigenvalue weighted by molar-refractivity contribution is -0.129. The second kappa shape index (κ2) is 9.36. The summed E-state index contributed by atoms with van der Waals surface area (Å²) < 4.78 is 33.7. The molecule has 0 aromatic heterocycles. The SMILES string of the molecule is COc1cc2c(cc1CCCNS(=O)(=O)c1ccc(C)cc1)C1CC[C@]3(C)C(=O)CCC3C1CC2. The van der Waals surface area contributed by atoms with E-state index < -0.39 is 10.0 Å². The highest BCUT2D eigenvalue weighted by atomic mass is 32.2. The smallest absolute Gasteiger partial charge is 0.240 e. The first kappa shape index (κ1) is 24.5. The van der Waals surface area contributed by atoms with Crippen LogP contribution in [0.15, 0.2) is 41.3 Å². The minimum absolute atomic E-state index is 0.109. The van der Waals surface area contributed by atoms with E-state index in [1.54, 1.807) is 19.2 Å². The molecule has 0 saturated heterocycles. The first-order chi connectivity index (χ1) is 16.7.